The van der Waals surface area contributed by atoms with E-state index in [1.165, 1.54) is 7.11 Å². The molecule has 2 aromatic carbocycles. The Bertz CT molecular complexity index is 1040. The second-order valence-electron chi connectivity index (χ2n) is 6.45. The molecule has 146 valence electrons. The number of aromatic nitrogens is 2. The Labute approximate surface area is 168 Å². The summed E-state index contributed by atoms with van der Waals surface area (Å²) >= 11 is 6.14. The van der Waals surface area contributed by atoms with Gasteiger partial charge in [-0.3, -0.25) is 4.79 Å². The van der Waals surface area contributed by atoms with Gasteiger partial charge in [0.05, 0.1) is 29.8 Å². The highest BCUT2D eigenvalue weighted by Gasteiger charge is 2.19. The first-order valence-corrected chi connectivity index (χ1v) is 9.37. The molecule has 0 aliphatic carbocycles. The van der Waals surface area contributed by atoms with Crippen LogP contribution in [0.1, 0.15) is 35.0 Å². The Kier molecular flexibility index (Phi) is 5.99. The number of carbonyl (C=O) groups excluding carboxylic acids is 1. The highest BCUT2D eigenvalue weighted by molar-refractivity contribution is 6.32. The van der Waals surface area contributed by atoms with Gasteiger partial charge in [-0.05, 0) is 61.7 Å². The normalized spacial score (nSPS) is 10.8. The Hall–Kier alpha value is -2.86. The van der Waals surface area contributed by atoms with Crippen molar-refractivity contribution in [2.75, 3.05) is 19.0 Å². The number of ether oxygens (including phenoxy) is 2. The summed E-state index contributed by atoms with van der Waals surface area (Å²) in [6.45, 7) is 6.44. The van der Waals surface area contributed by atoms with Crippen molar-refractivity contribution in [3.63, 3.8) is 0 Å². The van der Waals surface area contributed by atoms with E-state index in [0.717, 1.165) is 17.5 Å². The lowest BCUT2D eigenvalue weighted by Crippen LogP contribution is -2.17. The molecule has 1 aromatic heterocycles. The molecule has 0 fully saturated rings. The minimum atomic E-state index is -0.417. The molecule has 0 aliphatic rings. The number of methoxy groups -OCH3 is 1. The van der Waals surface area contributed by atoms with Gasteiger partial charge in [0.2, 0.25) is 5.88 Å². The quantitative estimate of drug-likeness (QED) is 0.634. The first-order chi connectivity index (χ1) is 13.4. The number of hydrogen-bond acceptors (Lipinski definition) is 5. The van der Waals surface area contributed by atoms with Gasteiger partial charge in [0.25, 0.3) is 5.91 Å². The molecule has 6 nitrogen and oxygen atoms in total. The monoisotopic (exact) mass is 399 g/mol. The van der Waals surface area contributed by atoms with Crippen molar-refractivity contribution in [1.29, 1.82) is 0 Å². The fourth-order valence-electron chi connectivity index (χ4n) is 2.68. The minimum Gasteiger partial charge on any atom is -0.495 e. The van der Waals surface area contributed by atoms with Crippen LogP contribution in [0.15, 0.2) is 30.3 Å². The van der Waals surface area contributed by atoms with Gasteiger partial charge in [-0.1, -0.05) is 18.5 Å². The zero-order chi connectivity index (χ0) is 20.3. The van der Waals surface area contributed by atoms with E-state index >= 15 is 0 Å². The van der Waals surface area contributed by atoms with Gasteiger partial charge in [0.1, 0.15) is 5.75 Å². The van der Waals surface area contributed by atoms with Crippen LogP contribution in [-0.4, -0.2) is 29.6 Å². The molecule has 0 spiro atoms. The Morgan fingerprint density at radius 1 is 1.11 bits per heavy atom. The number of hydrogen-bond donors (Lipinski definition) is 1. The van der Waals surface area contributed by atoms with Crippen LogP contribution in [-0.2, 0) is 0 Å². The van der Waals surface area contributed by atoms with Crippen LogP contribution in [0.3, 0.4) is 0 Å². The van der Waals surface area contributed by atoms with Gasteiger partial charge >= 0.3 is 0 Å². The number of benzene rings is 2. The van der Waals surface area contributed by atoms with E-state index in [1.54, 1.807) is 18.2 Å². The van der Waals surface area contributed by atoms with Crippen LogP contribution in [0.25, 0.3) is 11.0 Å². The molecule has 0 unspecified atom stereocenters. The number of halogens is 1. The van der Waals surface area contributed by atoms with Crippen LogP contribution < -0.4 is 14.8 Å². The maximum Gasteiger partial charge on any atom is 0.279 e. The molecule has 0 radical (unpaired) electrons. The highest BCUT2D eigenvalue weighted by atomic mass is 35.5. The van der Waals surface area contributed by atoms with Crippen molar-refractivity contribution in [3.8, 4) is 11.6 Å². The number of nitrogens with one attached hydrogen (secondary N) is 1. The Morgan fingerprint density at radius 3 is 2.39 bits per heavy atom. The van der Waals surface area contributed by atoms with Crippen molar-refractivity contribution < 1.29 is 14.3 Å². The van der Waals surface area contributed by atoms with E-state index in [2.05, 4.69) is 15.3 Å². The molecule has 0 saturated carbocycles. The SMILES string of the molecule is CCCOc1nc2cc(C)c(C)cc2nc1C(=O)Nc1ccc(OC)c(Cl)c1. The van der Waals surface area contributed by atoms with Crippen LogP contribution in [0.4, 0.5) is 5.69 Å². The van der Waals surface area contributed by atoms with E-state index in [-0.39, 0.29) is 11.6 Å². The van der Waals surface area contributed by atoms with Crippen molar-refractivity contribution in [1.82, 2.24) is 9.97 Å². The molecule has 0 bridgehead atoms. The smallest absolute Gasteiger partial charge is 0.279 e. The summed E-state index contributed by atoms with van der Waals surface area (Å²) in [6, 6.07) is 8.87. The van der Waals surface area contributed by atoms with E-state index in [9.17, 15) is 4.79 Å². The fraction of sp³-hybridized carbons (Fsp3) is 0.286. The topological polar surface area (TPSA) is 73.3 Å². The van der Waals surface area contributed by atoms with Crippen molar-refractivity contribution >= 4 is 34.2 Å². The molecule has 0 atom stereocenters. The van der Waals surface area contributed by atoms with Crippen LogP contribution in [0, 0.1) is 13.8 Å². The fourth-order valence-corrected chi connectivity index (χ4v) is 2.93. The van der Waals surface area contributed by atoms with E-state index in [4.69, 9.17) is 21.1 Å². The predicted octanol–water partition coefficient (Wildman–Crippen LogP) is 4.95. The largest absolute Gasteiger partial charge is 0.495 e. The van der Waals surface area contributed by atoms with Gasteiger partial charge in [-0.25, -0.2) is 9.97 Å². The summed E-state index contributed by atoms with van der Waals surface area (Å²) in [7, 11) is 1.53. The maximum absolute atomic E-state index is 12.9. The number of amides is 1. The molecule has 0 saturated heterocycles. The molecule has 1 N–H and O–H groups in total. The van der Waals surface area contributed by atoms with Gasteiger partial charge < -0.3 is 14.8 Å². The third-order valence-corrected chi connectivity index (χ3v) is 4.61. The van der Waals surface area contributed by atoms with Gasteiger partial charge in [-0.15, -0.1) is 0 Å². The molecule has 28 heavy (non-hydrogen) atoms. The Morgan fingerprint density at radius 2 is 1.79 bits per heavy atom. The van der Waals surface area contributed by atoms with Gasteiger partial charge in [-0.2, -0.15) is 0 Å². The van der Waals surface area contributed by atoms with Crippen molar-refractivity contribution in [3.05, 3.63) is 52.2 Å². The molecule has 1 amide bonds. The average Bonchev–Trinajstić information content (AvgIpc) is 2.67. The molecule has 1 heterocycles. The number of carbonyl (C=O) groups is 1. The number of aryl methyl sites for hydroxylation is 2. The third-order valence-electron chi connectivity index (χ3n) is 4.32. The molecule has 0 aliphatic heterocycles. The lowest BCUT2D eigenvalue weighted by molar-refractivity contribution is 0.101. The third kappa shape index (κ3) is 4.17. The molecule has 3 rings (SSSR count). The standard InChI is InChI=1S/C21H22ClN3O3/c1-5-8-28-21-19(24-16-9-12(2)13(3)10-17(16)25-21)20(26)23-14-6-7-18(27-4)15(22)11-14/h6-7,9-11H,5,8H2,1-4H3,(H,23,26). The summed E-state index contributed by atoms with van der Waals surface area (Å²) < 4.78 is 10.8. The lowest BCUT2D eigenvalue weighted by atomic mass is 10.1. The first kappa shape index (κ1) is 19.9. The van der Waals surface area contributed by atoms with Crippen molar-refractivity contribution in [2.45, 2.75) is 27.2 Å². The zero-order valence-electron chi connectivity index (χ0n) is 16.3. The zero-order valence-corrected chi connectivity index (χ0v) is 17.1. The van der Waals surface area contributed by atoms with E-state index < -0.39 is 5.91 Å². The molecule has 3 aromatic rings. The van der Waals surface area contributed by atoms with E-state index in [0.29, 0.717) is 34.1 Å². The number of rotatable bonds is 6. The lowest BCUT2D eigenvalue weighted by Gasteiger charge is -2.12. The van der Waals surface area contributed by atoms with Crippen LogP contribution in [0.2, 0.25) is 5.02 Å². The second kappa shape index (κ2) is 8.44. The summed E-state index contributed by atoms with van der Waals surface area (Å²) in [6.07, 6.45) is 0.793. The predicted molar refractivity (Wildman–Crippen MR) is 111 cm³/mol. The molecule has 7 heteroatoms. The number of nitrogens with zero attached hydrogens (tertiary/aromatic N) is 2. The summed E-state index contributed by atoms with van der Waals surface area (Å²) in [5, 5.41) is 3.20. The number of anilines is 1. The highest BCUT2D eigenvalue weighted by Crippen LogP contribution is 2.28. The second-order valence-corrected chi connectivity index (χ2v) is 6.86. The summed E-state index contributed by atoms with van der Waals surface area (Å²) in [4.78, 5) is 21.9. The Balaban J connectivity index is 1.99. The summed E-state index contributed by atoms with van der Waals surface area (Å²) in [5.74, 6) is 0.331. The maximum atomic E-state index is 12.9. The van der Waals surface area contributed by atoms with Crippen LogP contribution in [0.5, 0.6) is 11.6 Å². The first-order valence-electron chi connectivity index (χ1n) is 8.99. The number of fused-ring (bicyclic) bond motifs is 1. The minimum absolute atomic E-state index is 0.135. The summed E-state index contributed by atoms with van der Waals surface area (Å²) in [5.41, 5.74) is 4.18. The van der Waals surface area contributed by atoms with Gasteiger partial charge in [0.15, 0.2) is 5.69 Å². The molecular weight excluding hydrogens is 378 g/mol. The average molecular weight is 400 g/mol. The molecular formula is C21H22ClN3O3. The van der Waals surface area contributed by atoms with E-state index in [1.807, 2.05) is 32.9 Å². The van der Waals surface area contributed by atoms with Gasteiger partial charge in [0, 0.05) is 5.69 Å². The van der Waals surface area contributed by atoms with Crippen LogP contribution >= 0.6 is 11.6 Å². The van der Waals surface area contributed by atoms with Crippen molar-refractivity contribution in [2.24, 2.45) is 0 Å².